The van der Waals surface area contributed by atoms with Gasteiger partial charge in [-0.3, -0.25) is 4.79 Å². The molecular weight excluding hydrogens is 320 g/mol. The van der Waals surface area contributed by atoms with Gasteiger partial charge in [0.15, 0.2) is 5.78 Å². The van der Waals surface area contributed by atoms with Gasteiger partial charge in [0.05, 0.1) is 11.0 Å². The fourth-order valence-electron chi connectivity index (χ4n) is 2.21. The van der Waals surface area contributed by atoms with Crippen molar-refractivity contribution in [2.75, 3.05) is 0 Å². The van der Waals surface area contributed by atoms with Gasteiger partial charge >= 0.3 is 5.69 Å². The van der Waals surface area contributed by atoms with Gasteiger partial charge in [0, 0.05) is 15.6 Å². The van der Waals surface area contributed by atoms with Crippen molar-refractivity contribution in [2.24, 2.45) is 0 Å². The van der Waals surface area contributed by atoms with Crippen LogP contribution in [0.25, 0.3) is 11.0 Å². The third kappa shape index (κ3) is 2.20. The number of rotatable bonds is 2. The van der Waals surface area contributed by atoms with Crippen molar-refractivity contribution in [1.82, 2.24) is 9.97 Å². The van der Waals surface area contributed by atoms with E-state index < -0.39 is 0 Å². The van der Waals surface area contributed by atoms with Gasteiger partial charge in [-0.2, -0.15) is 0 Å². The molecule has 0 spiro atoms. The Morgan fingerprint density at radius 1 is 1.05 bits per heavy atom. The van der Waals surface area contributed by atoms with Crippen LogP contribution in [0.1, 0.15) is 21.5 Å². The first-order valence-electron chi connectivity index (χ1n) is 6.07. The fourth-order valence-corrected chi connectivity index (χ4v) is 2.69. The van der Waals surface area contributed by atoms with E-state index in [1.54, 1.807) is 24.3 Å². The molecule has 0 saturated heterocycles. The van der Waals surface area contributed by atoms with E-state index in [1.807, 2.05) is 19.1 Å². The average molecular weight is 331 g/mol. The molecule has 0 bridgehead atoms. The van der Waals surface area contributed by atoms with Crippen molar-refractivity contribution in [1.29, 1.82) is 0 Å². The van der Waals surface area contributed by atoms with Crippen LogP contribution < -0.4 is 5.69 Å². The quantitative estimate of drug-likeness (QED) is 0.709. The van der Waals surface area contributed by atoms with Crippen LogP contribution in [0.5, 0.6) is 0 Å². The number of ketones is 1. The first kappa shape index (κ1) is 12.9. The minimum absolute atomic E-state index is 0.0565. The van der Waals surface area contributed by atoms with Crippen molar-refractivity contribution in [3.05, 3.63) is 68.0 Å². The smallest absolute Gasteiger partial charge is 0.306 e. The summed E-state index contributed by atoms with van der Waals surface area (Å²) in [5, 5.41) is 0. The van der Waals surface area contributed by atoms with Gasteiger partial charge in [0.2, 0.25) is 0 Å². The predicted octanol–water partition coefficient (Wildman–Crippen LogP) is 3.16. The summed E-state index contributed by atoms with van der Waals surface area (Å²) < 4.78 is 0.942. The molecule has 4 nitrogen and oxygen atoms in total. The average Bonchev–Trinajstić information content (AvgIpc) is 2.77. The molecule has 0 fully saturated rings. The van der Waals surface area contributed by atoms with Crippen LogP contribution >= 0.6 is 15.9 Å². The van der Waals surface area contributed by atoms with Crippen LogP contribution in [0.15, 0.2) is 45.7 Å². The molecule has 100 valence electrons. The number of benzene rings is 2. The number of H-pyrrole nitrogens is 2. The number of halogens is 1. The number of imidazole rings is 1. The lowest BCUT2D eigenvalue weighted by molar-refractivity contribution is 0.103. The zero-order valence-corrected chi connectivity index (χ0v) is 12.2. The molecule has 2 N–H and O–H groups in total. The third-order valence-corrected chi connectivity index (χ3v) is 3.70. The summed E-state index contributed by atoms with van der Waals surface area (Å²) in [4.78, 5) is 29.1. The number of carbonyl (C=O) groups excluding carboxylic acids is 1. The van der Waals surface area contributed by atoms with Crippen LogP contribution in [-0.4, -0.2) is 15.8 Å². The van der Waals surface area contributed by atoms with Gasteiger partial charge < -0.3 is 9.97 Å². The van der Waals surface area contributed by atoms with Gasteiger partial charge in [-0.15, -0.1) is 0 Å². The number of carbonyl (C=O) groups is 1. The molecule has 0 amide bonds. The minimum Gasteiger partial charge on any atom is -0.306 e. The number of aromatic amines is 2. The monoisotopic (exact) mass is 330 g/mol. The Hall–Kier alpha value is -2.14. The Morgan fingerprint density at radius 3 is 2.55 bits per heavy atom. The van der Waals surface area contributed by atoms with Gasteiger partial charge in [0.1, 0.15) is 0 Å². The number of fused-ring (bicyclic) bond motifs is 1. The van der Waals surface area contributed by atoms with E-state index in [0.717, 1.165) is 10.0 Å². The van der Waals surface area contributed by atoms with E-state index >= 15 is 0 Å². The fraction of sp³-hybridized carbons (Fsp3) is 0.0667. The van der Waals surface area contributed by atoms with Crippen molar-refractivity contribution >= 4 is 32.7 Å². The van der Waals surface area contributed by atoms with E-state index in [4.69, 9.17) is 0 Å². The van der Waals surface area contributed by atoms with E-state index in [-0.39, 0.29) is 11.5 Å². The molecule has 0 unspecified atom stereocenters. The molecule has 2 aromatic carbocycles. The molecule has 3 rings (SSSR count). The maximum absolute atomic E-state index is 12.5. The standard InChI is InChI=1S/C15H11BrN2O2/c1-8-6-10(16)3-4-11(8)14(19)9-2-5-12-13(7-9)18-15(20)17-12/h2-7H,1H3,(H2,17,18,20). The summed E-state index contributed by atoms with van der Waals surface area (Å²) in [6.45, 7) is 1.90. The molecule has 0 aliphatic rings. The van der Waals surface area contributed by atoms with E-state index in [1.165, 1.54) is 0 Å². The SMILES string of the molecule is Cc1cc(Br)ccc1C(=O)c1ccc2[nH]c(=O)[nH]c2c1. The highest BCUT2D eigenvalue weighted by Crippen LogP contribution is 2.20. The number of aromatic nitrogens is 2. The Bertz CT molecular complexity index is 877. The summed E-state index contributed by atoms with van der Waals surface area (Å²) in [6, 6.07) is 10.7. The Morgan fingerprint density at radius 2 is 1.80 bits per heavy atom. The van der Waals surface area contributed by atoms with Crippen LogP contribution in [0, 0.1) is 6.92 Å². The summed E-state index contributed by atoms with van der Waals surface area (Å²) in [5.41, 5.74) is 3.18. The lowest BCUT2D eigenvalue weighted by Crippen LogP contribution is -2.03. The lowest BCUT2D eigenvalue weighted by atomic mass is 9.99. The molecule has 0 saturated carbocycles. The van der Waals surface area contributed by atoms with Crippen molar-refractivity contribution in [2.45, 2.75) is 6.92 Å². The predicted molar refractivity (Wildman–Crippen MR) is 81.2 cm³/mol. The van der Waals surface area contributed by atoms with Crippen LogP contribution in [0.2, 0.25) is 0 Å². The zero-order chi connectivity index (χ0) is 14.3. The second kappa shape index (κ2) is 4.76. The Balaban J connectivity index is 2.09. The third-order valence-electron chi connectivity index (χ3n) is 3.21. The topological polar surface area (TPSA) is 65.7 Å². The highest BCUT2D eigenvalue weighted by Gasteiger charge is 2.13. The lowest BCUT2D eigenvalue weighted by Gasteiger charge is -2.05. The number of nitrogens with one attached hydrogen (secondary N) is 2. The summed E-state index contributed by atoms with van der Waals surface area (Å²) in [5.74, 6) is -0.0565. The van der Waals surface area contributed by atoms with Gasteiger partial charge in [0.25, 0.3) is 0 Å². The van der Waals surface area contributed by atoms with Crippen molar-refractivity contribution in [3.63, 3.8) is 0 Å². The summed E-state index contributed by atoms with van der Waals surface area (Å²) in [7, 11) is 0. The maximum Gasteiger partial charge on any atom is 0.323 e. The maximum atomic E-state index is 12.5. The highest BCUT2D eigenvalue weighted by molar-refractivity contribution is 9.10. The second-order valence-corrected chi connectivity index (χ2v) is 5.54. The second-order valence-electron chi connectivity index (χ2n) is 4.63. The summed E-state index contributed by atoms with van der Waals surface area (Å²) >= 11 is 3.38. The van der Waals surface area contributed by atoms with Gasteiger partial charge in [-0.25, -0.2) is 4.79 Å². The molecule has 5 heteroatoms. The molecule has 20 heavy (non-hydrogen) atoms. The molecule has 0 aliphatic heterocycles. The number of aryl methyl sites for hydroxylation is 1. The van der Waals surface area contributed by atoms with Crippen LogP contribution in [0.4, 0.5) is 0 Å². The number of hydrogen-bond donors (Lipinski definition) is 2. The van der Waals surface area contributed by atoms with Gasteiger partial charge in [-0.1, -0.05) is 15.9 Å². The number of hydrogen-bond acceptors (Lipinski definition) is 2. The molecule has 1 aromatic heterocycles. The molecule has 0 radical (unpaired) electrons. The van der Waals surface area contributed by atoms with Crippen molar-refractivity contribution in [3.8, 4) is 0 Å². The van der Waals surface area contributed by atoms with Crippen LogP contribution in [-0.2, 0) is 0 Å². The first-order chi connectivity index (χ1) is 9.54. The van der Waals surface area contributed by atoms with E-state index in [0.29, 0.717) is 22.2 Å². The highest BCUT2D eigenvalue weighted by atomic mass is 79.9. The normalized spacial score (nSPS) is 10.9. The zero-order valence-electron chi connectivity index (χ0n) is 10.7. The van der Waals surface area contributed by atoms with E-state index in [2.05, 4.69) is 25.9 Å². The van der Waals surface area contributed by atoms with E-state index in [9.17, 15) is 9.59 Å². The Labute approximate surface area is 123 Å². The molecule has 3 aromatic rings. The molecular formula is C15H11BrN2O2. The largest absolute Gasteiger partial charge is 0.323 e. The minimum atomic E-state index is -0.274. The Kier molecular flexibility index (Phi) is 3.06. The molecule has 0 aliphatic carbocycles. The van der Waals surface area contributed by atoms with Gasteiger partial charge in [-0.05, 0) is 48.9 Å². The molecule has 0 atom stereocenters. The first-order valence-corrected chi connectivity index (χ1v) is 6.87. The summed E-state index contributed by atoms with van der Waals surface area (Å²) in [6.07, 6.45) is 0. The van der Waals surface area contributed by atoms with Crippen LogP contribution in [0.3, 0.4) is 0 Å². The van der Waals surface area contributed by atoms with Crippen molar-refractivity contribution < 1.29 is 4.79 Å². The molecule has 1 heterocycles.